The van der Waals surface area contributed by atoms with Gasteiger partial charge in [-0.1, -0.05) is 55.9 Å². The summed E-state index contributed by atoms with van der Waals surface area (Å²) in [6.45, 7) is 7.05. The topological polar surface area (TPSA) is 53.1 Å². The highest BCUT2D eigenvalue weighted by Gasteiger charge is 2.18. The van der Waals surface area contributed by atoms with Crippen LogP contribution in [0.5, 0.6) is 5.75 Å². The fourth-order valence-electron chi connectivity index (χ4n) is 3.27. The van der Waals surface area contributed by atoms with Gasteiger partial charge in [-0.3, -0.25) is 4.57 Å². The Morgan fingerprint density at radius 3 is 2.60 bits per heavy atom. The zero-order valence-electron chi connectivity index (χ0n) is 17.4. The second-order valence-electron chi connectivity index (χ2n) is 7.35. The smallest absolute Gasteiger partial charge is 0.205 e. The zero-order chi connectivity index (χ0) is 20.9. The first kappa shape index (κ1) is 20.3. The van der Waals surface area contributed by atoms with E-state index in [-0.39, 0.29) is 0 Å². The van der Waals surface area contributed by atoms with Crippen molar-refractivity contribution in [3.05, 3.63) is 78.1 Å². The molecule has 6 heteroatoms. The molecule has 0 saturated carbocycles. The van der Waals surface area contributed by atoms with Crippen LogP contribution in [-0.2, 0) is 0 Å². The highest BCUT2D eigenvalue weighted by Crippen LogP contribution is 2.30. The summed E-state index contributed by atoms with van der Waals surface area (Å²) < 4.78 is 13.7. The van der Waals surface area contributed by atoms with Gasteiger partial charge in [0.25, 0.3) is 0 Å². The number of ether oxygens (including phenoxy) is 1. The van der Waals surface area contributed by atoms with Crippen LogP contribution < -0.4 is 4.74 Å². The maximum atomic E-state index is 6.13. The van der Waals surface area contributed by atoms with Gasteiger partial charge in [-0.05, 0) is 54.3 Å². The van der Waals surface area contributed by atoms with Crippen LogP contribution in [0, 0.1) is 6.92 Å². The van der Waals surface area contributed by atoms with Crippen LogP contribution >= 0.6 is 11.8 Å². The lowest BCUT2D eigenvalue weighted by Crippen LogP contribution is -2.05. The van der Waals surface area contributed by atoms with Gasteiger partial charge >= 0.3 is 0 Å². The fourth-order valence-corrected chi connectivity index (χ4v) is 4.04. The van der Waals surface area contributed by atoms with E-state index in [0.717, 1.165) is 22.3 Å². The minimum absolute atomic E-state index is 0.422. The van der Waals surface area contributed by atoms with Crippen LogP contribution in [0.2, 0.25) is 0 Å². The Bertz CT molecular complexity index is 1090. The normalized spacial score (nSPS) is 11.2. The molecule has 0 aliphatic carbocycles. The molecule has 0 saturated heterocycles. The van der Waals surface area contributed by atoms with Gasteiger partial charge in [0.05, 0.1) is 12.9 Å². The van der Waals surface area contributed by atoms with Crippen LogP contribution in [0.4, 0.5) is 0 Å². The van der Waals surface area contributed by atoms with Crippen LogP contribution in [-0.4, -0.2) is 27.1 Å². The second kappa shape index (κ2) is 9.22. The summed E-state index contributed by atoms with van der Waals surface area (Å²) in [7, 11) is 0. The van der Waals surface area contributed by atoms with Gasteiger partial charge in [0.2, 0.25) is 5.82 Å². The van der Waals surface area contributed by atoms with E-state index in [2.05, 4.69) is 49.2 Å². The number of nitrogens with zero attached hydrogens (tertiary/aromatic N) is 3. The van der Waals surface area contributed by atoms with Gasteiger partial charge in [0.15, 0.2) is 10.9 Å². The molecule has 4 rings (SSSR count). The summed E-state index contributed by atoms with van der Waals surface area (Å²) in [4.78, 5) is 0. The van der Waals surface area contributed by atoms with Crippen LogP contribution in [0.3, 0.4) is 0 Å². The number of rotatable bonds is 8. The number of aromatic nitrogens is 3. The van der Waals surface area contributed by atoms with Gasteiger partial charge in [0, 0.05) is 11.4 Å². The van der Waals surface area contributed by atoms with Crippen molar-refractivity contribution in [2.24, 2.45) is 0 Å². The molecule has 0 aliphatic rings. The summed E-state index contributed by atoms with van der Waals surface area (Å²) in [6, 6.07) is 20.2. The molecule has 2 heterocycles. The summed E-state index contributed by atoms with van der Waals surface area (Å²) >= 11 is 1.62. The van der Waals surface area contributed by atoms with Crippen molar-refractivity contribution >= 4 is 11.8 Å². The number of hydrogen-bond acceptors (Lipinski definition) is 5. The molecule has 0 bridgehead atoms. The summed E-state index contributed by atoms with van der Waals surface area (Å²) in [6.07, 6.45) is 1.65. The van der Waals surface area contributed by atoms with E-state index in [1.807, 2.05) is 47.0 Å². The van der Waals surface area contributed by atoms with Gasteiger partial charge in [-0.15, -0.1) is 10.2 Å². The van der Waals surface area contributed by atoms with Gasteiger partial charge < -0.3 is 9.15 Å². The molecule has 2 aromatic heterocycles. The summed E-state index contributed by atoms with van der Waals surface area (Å²) in [5.41, 5.74) is 3.44. The first-order chi connectivity index (χ1) is 14.6. The third-order valence-electron chi connectivity index (χ3n) is 4.75. The molecular weight excluding hydrogens is 394 g/mol. The number of furan rings is 1. The molecule has 5 nitrogen and oxygen atoms in total. The minimum atomic E-state index is 0.422. The average molecular weight is 420 g/mol. The molecule has 0 spiro atoms. The summed E-state index contributed by atoms with van der Waals surface area (Å²) in [5.74, 6) is 3.53. The van der Waals surface area contributed by atoms with E-state index in [9.17, 15) is 0 Å². The van der Waals surface area contributed by atoms with Crippen molar-refractivity contribution in [1.82, 2.24) is 14.8 Å². The summed E-state index contributed by atoms with van der Waals surface area (Å²) in [5, 5.41) is 9.60. The SMILES string of the molecule is Cc1ccc(C(C)C)c(OCCSc2nnc(-c3ccco3)n2-c2ccccc2)c1. The van der Waals surface area contributed by atoms with Crippen molar-refractivity contribution in [2.45, 2.75) is 31.8 Å². The minimum Gasteiger partial charge on any atom is -0.492 e. The lowest BCUT2D eigenvalue weighted by molar-refractivity contribution is 0.338. The maximum Gasteiger partial charge on any atom is 0.205 e. The average Bonchev–Trinajstić information content (AvgIpc) is 3.41. The Morgan fingerprint density at radius 1 is 1.03 bits per heavy atom. The zero-order valence-corrected chi connectivity index (χ0v) is 18.2. The maximum absolute atomic E-state index is 6.13. The van der Waals surface area contributed by atoms with Crippen LogP contribution in [0.1, 0.15) is 30.9 Å². The number of para-hydroxylation sites is 1. The lowest BCUT2D eigenvalue weighted by atomic mass is 10.0. The van der Waals surface area contributed by atoms with E-state index < -0.39 is 0 Å². The lowest BCUT2D eigenvalue weighted by Gasteiger charge is -2.15. The molecule has 2 aromatic carbocycles. The number of hydrogen-bond donors (Lipinski definition) is 0. The highest BCUT2D eigenvalue weighted by molar-refractivity contribution is 7.99. The number of aryl methyl sites for hydroxylation is 1. The predicted molar refractivity (Wildman–Crippen MR) is 121 cm³/mol. The van der Waals surface area contributed by atoms with E-state index in [1.54, 1.807) is 18.0 Å². The molecule has 154 valence electrons. The van der Waals surface area contributed by atoms with Gasteiger partial charge in [-0.25, -0.2) is 0 Å². The van der Waals surface area contributed by atoms with Crippen LogP contribution in [0.25, 0.3) is 17.3 Å². The molecule has 0 fully saturated rings. The molecule has 0 N–H and O–H groups in total. The number of benzene rings is 2. The highest BCUT2D eigenvalue weighted by atomic mass is 32.2. The molecule has 30 heavy (non-hydrogen) atoms. The molecule has 0 atom stereocenters. The van der Waals surface area contributed by atoms with Crippen molar-refractivity contribution in [3.8, 4) is 23.0 Å². The van der Waals surface area contributed by atoms with Crippen LogP contribution in [0.15, 0.2) is 76.5 Å². The third-order valence-corrected chi connectivity index (χ3v) is 5.65. The predicted octanol–water partition coefficient (Wildman–Crippen LogP) is 6.13. The first-order valence-corrected chi connectivity index (χ1v) is 11.0. The Morgan fingerprint density at radius 2 is 1.87 bits per heavy atom. The van der Waals surface area contributed by atoms with Gasteiger partial charge in [-0.2, -0.15) is 0 Å². The Labute approximate surface area is 181 Å². The molecular formula is C24H25N3O2S. The van der Waals surface area contributed by atoms with Crippen molar-refractivity contribution in [3.63, 3.8) is 0 Å². The molecule has 0 radical (unpaired) electrons. The monoisotopic (exact) mass is 419 g/mol. The van der Waals surface area contributed by atoms with E-state index in [4.69, 9.17) is 9.15 Å². The van der Waals surface area contributed by atoms with Crippen molar-refractivity contribution in [1.29, 1.82) is 0 Å². The quantitative estimate of drug-likeness (QED) is 0.254. The number of thioether (sulfide) groups is 1. The third kappa shape index (κ3) is 4.44. The standard InChI is InChI=1S/C24H25N3O2S/c1-17(2)20-12-11-18(3)16-22(20)29-14-15-30-24-26-25-23(21-10-7-13-28-21)27(24)19-8-5-4-6-9-19/h4-13,16-17H,14-15H2,1-3H3. The fraction of sp³-hybridized carbons (Fsp3) is 0.250. The molecule has 0 aliphatic heterocycles. The van der Waals surface area contributed by atoms with Gasteiger partial charge in [0.1, 0.15) is 5.75 Å². The Hall–Kier alpha value is -2.99. The Kier molecular flexibility index (Phi) is 6.23. The van der Waals surface area contributed by atoms with E-state index in [1.165, 1.54) is 11.1 Å². The first-order valence-electron chi connectivity index (χ1n) is 10.0. The molecule has 0 unspecified atom stereocenters. The Balaban J connectivity index is 1.50. The second-order valence-corrected chi connectivity index (χ2v) is 8.41. The van der Waals surface area contributed by atoms with E-state index >= 15 is 0 Å². The van der Waals surface area contributed by atoms with E-state index in [0.29, 0.717) is 24.1 Å². The van der Waals surface area contributed by atoms with Crippen molar-refractivity contribution in [2.75, 3.05) is 12.4 Å². The largest absolute Gasteiger partial charge is 0.492 e. The molecule has 4 aromatic rings. The molecule has 0 amide bonds. The van der Waals surface area contributed by atoms with Crippen molar-refractivity contribution < 1.29 is 9.15 Å².